The highest BCUT2D eigenvalue weighted by Crippen LogP contribution is 2.16. The van der Waals surface area contributed by atoms with Gasteiger partial charge in [-0.1, -0.05) is 250 Å². The van der Waals surface area contributed by atoms with Crippen LogP contribution in [0.4, 0.5) is 0 Å². The van der Waals surface area contributed by atoms with Crippen molar-refractivity contribution in [1.29, 1.82) is 0 Å². The van der Waals surface area contributed by atoms with Crippen LogP contribution in [0.5, 0.6) is 0 Å². The molecule has 0 fully saturated rings. The molecule has 0 rings (SSSR count). The third-order valence-electron chi connectivity index (χ3n) is 12.7. The maximum Gasteiger partial charge on any atom is 0.305 e. The summed E-state index contributed by atoms with van der Waals surface area (Å²) in [5.74, 6) is -0.0903. The quantitative estimate of drug-likeness (QED) is 0.0321. The standard InChI is InChI=1S/C56H107NO5/c1-3-5-7-9-11-13-15-17-18-19-20-21-22-25-28-32-36-40-44-48-54(59)53(52-58)57-55(60)49-45-41-37-33-29-26-23-24-27-31-35-39-43-47-51-62-56(61)50-46-42-38-34-30-16-14-12-10-8-6-4-2/h12,14,44,48,53-54,58-59H,3-11,13,15-43,45-47,49-52H2,1-2H3,(H,57,60)/b14-12-,48-44+. The van der Waals surface area contributed by atoms with Gasteiger partial charge in [-0.3, -0.25) is 9.59 Å². The normalized spacial score (nSPS) is 12.8. The van der Waals surface area contributed by atoms with Gasteiger partial charge in [0.2, 0.25) is 5.91 Å². The largest absolute Gasteiger partial charge is 0.466 e. The van der Waals surface area contributed by atoms with E-state index < -0.39 is 12.1 Å². The average molecular weight is 874 g/mol. The predicted octanol–water partition coefficient (Wildman–Crippen LogP) is 16.7. The lowest BCUT2D eigenvalue weighted by molar-refractivity contribution is -0.143. The van der Waals surface area contributed by atoms with Gasteiger partial charge in [-0.2, -0.15) is 0 Å². The lowest BCUT2D eigenvalue weighted by Gasteiger charge is -2.20. The van der Waals surface area contributed by atoms with Gasteiger partial charge in [0.25, 0.3) is 0 Å². The topological polar surface area (TPSA) is 95.9 Å². The van der Waals surface area contributed by atoms with Gasteiger partial charge < -0.3 is 20.3 Å². The minimum atomic E-state index is -0.852. The molecule has 3 N–H and O–H groups in total. The van der Waals surface area contributed by atoms with Crippen LogP contribution in [0.25, 0.3) is 0 Å². The van der Waals surface area contributed by atoms with Crippen molar-refractivity contribution in [2.45, 2.75) is 309 Å². The Morgan fingerprint density at radius 1 is 0.435 bits per heavy atom. The summed E-state index contributed by atoms with van der Waals surface area (Å²) in [5.41, 5.74) is 0. The fourth-order valence-electron chi connectivity index (χ4n) is 8.45. The number of amides is 1. The molecule has 0 aromatic rings. The lowest BCUT2D eigenvalue weighted by Crippen LogP contribution is -2.45. The molecule has 6 heteroatoms. The molecule has 0 aromatic carbocycles. The molecule has 366 valence electrons. The van der Waals surface area contributed by atoms with Crippen LogP contribution >= 0.6 is 0 Å². The molecule has 0 aliphatic rings. The number of carbonyl (C=O) groups excluding carboxylic acids is 2. The second-order valence-electron chi connectivity index (χ2n) is 18.9. The molecular formula is C56H107NO5. The molecule has 0 aliphatic heterocycles. The second kappa shape index (κ2) is 52.0. The SMILES string of the molecule is CCCCC/C=C\CCCCCCCC(=O)OCCCCCCCCCCCCCCCCC(=O)NC(CO)C(O)/C=C/CCCCCCCCCCCCCCCCCCC. The van der Waals surface area contributed by atoms with E-state index in [1.54, 1.807) is 6.08 Å². The van der Waals surface area contributed by atoms with E-state index in [1.165, 1.54) is 212 Å². The summed E-state index contributed by atoms with van der Waals surface area (Å²) < 4.78 is 5.45. The Morgan fingerprint density at radius 2 is 0.758 bits per heavy atom. The smallest absolute Gasteiger partial charge is 0.305 e. The van der Waals surface area contributed by atoms with Crippen LogP contribution in [0.3, 0.4) is 0 Å². The number of aliphatic hydroxyl groups excluding tert-OH is 2. The van der Waals surface area contributed by atoms with E-state index in [1.807, 2.05) is 6.08 Å². The minimum Gasteiger partial charge on any atom is -0.466 e. The zero-order chi connectivity index (χ0) is 45.1. The number of carbonyl (C=O) groups is 2. The summed E-state index contributed by atoms with van der Waals surface area (Å²) in [7, 11) is 0. The summed E-state index contributed by atoms with van der Waals surface area (Å²) in [4.78, 5) is 24.5. The molecule has 6 nitrogen and oxygen atoms in total. The van der Waals surface area contributed by atoms with Gasteiger partial charge in [0.1, 0.15) is 0 Å². The van der Waals surface area contributed by atoms with E-state index in [2.05, 4.69) is 31.3 Å². The molecule has 0 radical (unpaired) electrons. The van der Waals surface area contributed by atoms with Crippen LogP contribution < -0.4 is 5.32 Å². The van der Waals surface area contributed by atoms with Gasteiger partial charge in [0, 0.05) is 12.8 Å². The van der Waals surface area contributed by atoms with Crippen molar-refractivity contribution in [3.05, 3.63) is 24.3 Å². The van der Waals surface area contributed by atoms with Crippen molar-refractivity contribution in [3.63, 3.8) is 0 Å². The Bertz CT molecular complexity index is 966. The first kappa shape index (κ1) is 60.3. The van der Waals surface area contributed by atoms with Crippen molar-refractivity contribution < 1.29 is 24.5 Å². The lowest BCUT2D eigenvalue weighted by atomic mass is 10.0. The molecule has 0 saturated carbocycles. The van der Waals surface area contributed by atoms with Crippen LogP contribution in [0.1, 0.15) is 296 Å². The predicted molar refractivity (Wildman–Crippen MR) is 269 cm³/mol. The summed E-state index contributed by atoms with van der Waals surface area (Å²) >= 11 is 0. The molecule has 62 heavy (non-hydrogen) atoms. The first-order valence-electron chi connectivity index (χ1n) is 27.6. The summed E-state index contributed by atoms with van der Waals surface area (Å²) in [5, 5.41) is 23.1. The van der Waals surface area contributed by atoms with Crippen LogP contribution in [0, 0.1) is 0 Å². The van der Waals surface area contributed by atoms with Gasteiger partial charge in [0.15, 0.2) is 0 Å². The van der Waals surface area contributed by atoms with Crippen molar-refractivity contribution in [2.75, 3.05) is 13.2 Å². The van der Waals surface area contributed by atoms with E-state index in [9.17, 15) is 19.8 Å². The number of nitrogens with one attached hydrogen (secondary N) is 1. The number of rotatable bonds is 51. The first-order valence-corrected chi connectivity index (χ1v) is 27.6. The highest BCUT2D eigenvalue weighted by molar-refractivity contribution is 5.76. The van der Waals surface area contributed by atoms with Gasteiger partial charge in [-0.25, -0.2) is 0 Å². The van der Waals surface area contributed by atoms with E-state index in [0.29, 0.717) is 19.4 Å². The fourth-order valence-corrected chi connectivity index (χ4v) is 8.45. The second-order valence-corrected chi connectivity index (χ2v) is 18.9. The number of ether oxygens (including phenoxy) is 1. The van der Waals surface area contributed by atoms with Crippen molar-refractivity contribution >= 4 is 11.9 Å². The highest BCUT2D eigenvalue weighted by atomic mass is 16.5. The molecule has 2 unspecified atom stereocenters. The molecule has 0 aromatic heterocycles. The minimum absolute atomic E-state index is 0.0134. The maximum absolute atomic E-state index is 12.5. The first-order chi connectivity index (χ1) is 30.5. The molecule has 0 aliphatic carbocycles. The van der Waals surface area contributed by atoms with Gasteiger partial charge in [0.05, 0.1) is 25.4 Å². The highest BCUT2D eigenvalue weighted by Gasteiger charge is 2.18. The molecule has 0 bridgehead atoms. The van der Waals surface area contributed by atoms with Gasteiger partial charge >= 0.3 is 5.97 Å². The molecule has 1 amide bonds. The Kier molecular flexibility index (Phi) is 50.6. The summed E-state index contributed by atoms with van der Waals surface area (Å²) in [6.07, 6.45) is 61.8. The monoisotopic (exact) mass is 874 g/mol. The van der Waals surface area contributed by atoms with E-state index in [-0.39, 0.29) is 18.5 Å². The Labute approximate surface area is 386 Å². The van der Waals surface area contributed by atoms with Crippen LogP contribution in [0.15, 0.2) is 24.3 Å². The van der Waals surface area contributed by atoms with Crippen LogP contribution in [-0.2, 0) is 14.3 Å². The van der Waals surface area contributed by atoms with Crippen molar-refractivity contribution in [3.8, 4) is 0 Å². The number of aliphatic hydroxyl groups is 2. The number of allylic oxidation sites excluding steroid dienone is 3. The number of hydrogen-bond acceptors (Lipinski definition) is 5. The maximum atomic E-state index is 12.5. The van der Waals surface area contributed by atoms with Gasteiger partial charge in [-0.15, -0.1) is 0 Å². The van der Waals surface area contributed by atoms with Crippen molar-refractivity contribution in [1.82, 2.24) is 5.32 Å². The fraction of sp³-hybridized carbons (Fsp3) is 0.893. The van der Waals surface area contributed by atoms with Crippen molar-refractivity contribution in [2.24, 2.45) is 0 Å². The van der Waals surface area contributed by atoms with E-state index in [0.717, 1.165) is 57.8 Å². The summed E-state index contributed by atoms with van der Waals surface area (Å²) in [6.45, 7) is 4.86. The third-order valence-corrected chi connectivity index (χ3v) is 12.7. The van der Waals surface area contributed by atoms with Crippen LogP contribution in [-0.4, -0.2) is 47.4 Å². The zero-order valence-electron chi connectivity index (χ0n) is 41.6. The zero-order valence-corrected chi connectivity index (χ0v) is 41.6. The Balaban J connectivity index is 3.49. The van der Waals surface area contributed by atoms with E-state index >= 15 is 0 Å². The third kappa shape index (κ3) is 47.8. The molecule has 0 saturated heterocycles. The average Bonchev–Trinajstić information content (AvgIpc) is 3.27. The summed E-state index contributed by atoms with van der Waals surface area (Å²) in [6, 6.07) is -0.636. The van der Waals surface area contributed by atoms with Crippen LogP contribution in [0.2, 0.25) is 0 Å². The number of esters is 1. The number of unbranched alkanes of at least 4 members (excludes halogenated alkanes) is 38. The Hall–Kier alpha value is -1.66. The number of hydrogen-bond donors (Lipinski definition) is 3. The molecule has 0 spiro atoms. The molecular weight excluding hydrogens is 767 g/mol. The molecule has 0 heterocycles. The molecule has 2 atom stereocenters. The Morgan fingerprint density at radius 3 is 1.18 bits per heavy atom. The van der Waals surface area contributed by atoms with E-state index in [4.69, 9.17) is 4.74 Å². The van der Waals surface area contributed by atoms with Gasteiger partial charge in [-0.05, 0) is 57.8 Å².